The molecule has 1 atom stereocenters. The highest BCUT2D eigenvalue weighted by molar-refractivity contribution is 5.67. The van der Waals surface area contributed by atoms with Gasteiger partial charge < -0.3 is 15.8 Å². The van der Waals surface area contributed by atoms with E-state index in [1.165, 1.54) is 24.0 Å². The van der Waals surface area contributed by atoms with Crippen molar-refractivity contribution in [3.05, 3.63) is 34.9 Å². The van der Waals surface area contributed by atoms with E-state index in [1.54, 1.807) is 0 Å². The lowest BCUT2D eigenvalue weighted by Gasteiger charge is -2.24. The molecule has 0 saturated carbocycles. The van der Waals surface area contributed by atoms with Crippen LogP contribution in [0, 0.1) is 0 Å². The molecule has 0 spiro atoms. The molecule has 0 saturated heterocycles. The maximum Gasteiger partial charge on any atom is 0.407 e. The van der Waals surface area contributed by atoms with Crippen LogP contribution in [0.25, 0.3) is 0 Å². The number of carbonyl (C=O) groups is 1. The van der Waals surface area contributed by atoms with E-state index in [4.69, 9.17) is 10.5 Å². The van der Waals surface area contributed by atoms with Crippen LogP contribution in [0.5, 0.6) is 0 Å². The van der Waals surface area contributed by atoms with Gasteiger partial charge in [0, 0.05) is 12.6 Å². The standard InChI is InChI=1S/C17H26N2O2/c1-17(2,3)21-16(20)19-11-15(18)14-10-6-8-12-7-4-5-9-13(12)14/h6,8,10,15H,4-5,7,9,11,18H2,1-3H3,(H,19,20). The fraction of sp³-hybridized carbons (Fsp3) is 0.588. The summed E-state index contributed by atoms with van der Waals surface area (Å²) >= 11 is 0. The topological polar surface area (TPSA) is 64.3 Å². The number of carbonyl (C=O) groups excluding carboxylic acids is 1. The number of fused-ring (bicyclic) bond motifs is 1. The maximum absolute atomic E-state index is 11.7. The molecule has 1 unspecified atom stereocenters. The molecule has 0 aliphatic heterocycles. The Morgan fingerprint density at radius 3 is 2.76 bits per heavy atom. The molecule has 1 aromatic rings. The average molecular weight is 290 g/mol. The third kappa shape index (κ3) is 4.46. The zero-order chi connectivity index (χ0) is 15.5. The third-order valence-corrected chi connectivity index (χ3v) is 3.70. The first-order valence-electron chi connectivity index (χ1n) is 7.70. The highest BCUT2D eigenvalue weighted by atomic mass is 16.6. The molecule has 1 aromatic carbocycles. The number of rotatable bonds is 3. The van der Waals surface area contributed by atoms with Crippen molar-refractivity contribution in [2.75, 3.05) is 6.54 Å². The van der Waals surface area contributed by atoms with E-state index in [0.29, 0.717) is 6.54 Å². The van der Waals surface area contributed by atoms with Gasteiger partial charge in [0.05, 0.1) is 0 Å². The summed E-state index contributed by atoms with van der Waals surface area (Å²) < 4.78 is 5.23. The Bertz CT molecular complexity index is 506. The molecule has 3 N–H and O–H groups in total. The lowest BCUT2D eigenvalue weighted by Crippen LogP contribution is -2.37. The Morgan fingerprint density at radius 1 is 1.33 bits per heavy atom. The number of ether oxygens (including phenoxy) is 1. The van der Waals surface area contributed by atoms with E-state index < -0.39 is 11.7 Å². The fourth-order valence-electron chi connectivity index (χ4n) is 2.78. The van der Waals surface area contributed by atoms with Crippen molar-refractivity contribution in [2.24, 2.45) is 5.73 Å². The second kappa shape index (κ2) is 6.48. The number of alkyl carbamates (subject to hydrolysis) is 1. The first kappa shape index (κ1) is 15.8. The van der Waals surface area contributed by atoms with Gasteiger partial charge in [-0.3, -0.25) is 0 Å². The number of aryl methyl sites for hydroxylation is 1. The minimum atomic E-state index is -0.486. The van der Waals surface area contributed by atoms with E-state index >= 15 is 0 Å². The van der Waals surface area contributed by atoms with Crippen LogP contribution < -0.4 is 11.1 Å². The van der Waals surface area contributed by atoms with Crippen molar-refractivity contribution in [1.29, 1.82) is 0 Å². The van der Waals surface area contributed by atoms with E-state index in [0.717, 1.165) is 18.4 Å². The summed E-state index contributed by atoms with van der Waals surface area (Å²) in [6.07, 6.45) is 4.28. The molecule has 2 rings (SSSR count). The molecule has 1 amide bonds. The highest BCUT2D eigenvalue weighted by Crippen LogP contribution is 2.27. The molecule has 0 aromatic heterocycles. The highest BCUT2D eigenvalue weighted by Gasteiger charge is 2.19. The average Bonchev–Trinajstić information content (AvgIpc) is 2.42. The van der Waals surface area contributed by atoms with Crippen LogP contribution >= 0.6 is 0 Å². The summed E-state index contributed by atoms with van der Waals surface area (Å²) in [7, 11) is 0. The van der Waals surface area contributed by atoms with Gasteiger partial charge in [-0.05, 0) is 63.1 Å². The van der Waals surface area contributed by atoms with Crippen LogP contribution in [-0.4, -0.2) is 18.2 Å². The Balaban J connectivity index is 1.98. The van der Waals surface area contributed by atoms with Crippen molar-refractivity contribution in [3.63, 3.8) is 0 Å². The predicted molar refractivity (Wildman–Crippen MR) is 84.2 cm³/mol. The molecule has 116 valence electrons. The predicted octanol–water partition coefficient (Wildman–Crippen LogP) is 3.09. The van der Waals surface area contributed by atoms with Gasteiger partial charge >= 0.3 is 6.09 Å². The van der Waals surface area contributed by atoms with Gasteiger partial charge in [0.1, 0.15) is 5.60 Å². The molecule has 4 heteroatoms. The normalized spacial score (nSPS) is 16.0. The largest absolute Gasteiger partial charge is 0.444 e. The summed E-state index contributed by atoms with van der Waals surface area (Å²) in [6, 6.07) is 6.13. The number of nitrogens with one attached hydrogen (secondary N) is 1. The lowest BCUT2D eigenvalue weighted by atomic mass is 9.86. The van der Waals surface area contributed by atoms with Crippen LogP contribution in [0.4, 0.5) is 4.79 Å². The summed E-state index contributed by atoms with van der Waals surface area (Å²) in [5, 5.41) is 2.76. The minimum Gasteiger partial charge on any atom is -0.444 e. The smallest absolute Gasteiger partial charge is 0.407 e. The monoisotopic (exact) mass is 290 g/mol. The van der Waals surface area contributed by atoms with Gasteiger partial charge in [-0.2, -0.15) is 0 Å². The molecule has 0 fully saturated rings. The van der Waals surface area contributed by atoms with Crippen LogP contribution in [-0.2, 0) is 17.6 Å². The van der Waals surface area contributed by atoms with Gasteiger partial charge in [-0.25, -0.2) is 4.79 Å². The summed E-state index contributed by atoms with van der Waals surface area (Å²) in [4.78, 5) is 11.7. The van der Waals surface area contributed by atoms with Crippen molar-refractivity contribution < 1.29 is 9.53 Å². The summed E-state index contributed by atoms with van der Waals surface area (Å²) in [5.74, 6) is 0. The van der Waals surface area contributed by atoms with Crippen LogP contribution in [0.1, 0.15) is 56.3 Å². The SMILES string of the molecule is CC(C)(C)OC(=O)NCC(N)c1cccc2c1CCCC2. The summed E-state index contributed by atoms with van der Waals surface area (Å²) in [5.41, 5.74) is 9.72. The zero-order valence-electron chi connectivity index (χ0n) is 13.2. The Morgan fingerprint density at radius 2 is 2.05 bits per heavy atom. The van der Waals surface area contributed by atoms with Gasteiger partial charge in [0.25, 0.3) is 0 Å². The number of hydrogen-bond donors (Lipinski definition) is 2. The van der Waals surface area contributed by atoms with Crippen LogP contribution in [0.2, 0.25) is 0 Å². The molecule has 1 aliphatic carbocycles. The molecule has 4 nitrogen and oxygen atoms in total. The lowest BCUT2D eigenvalue weighted by molar-refractivity contribution is 0.0524. The van der Waals surface area contributed by atoms with Crippen molar-refractivity contribution in [3.8, 4) is 0 Å². The molecule has 0 bridgehead atoms. The molecule has 0 heterocycles. The molecular formula is C17H26N2O2. The zero-order valence-corrected chi connectivity index (χ0v) is 13.2. The van der Waals surface area contributed by atoms with Gasteiger partial charge in [-0.15, -0.1) is 0 Å². The van der Waals surface area contributed by atoms with Crippen molar-refractivity contribution in [1.82, 2.24) is 5.32 Å². The van der Waals surface area contributed by atoms with Crippen LogP contribution in [0.3, 0.4) is 0 Å². The summed E-state index contributed by atoms with van der Waals surface area (Å²) in [6.45, 7) is 5.94. The Hall–Kier alpha value is -1.55. The second-order valence-electron chi connectivity index (χ2n) is 6.68. The first-order valence-corrected chi connectivity index (χ1v) is 7.70. The number of amides is 1. The second-order valence-corrected chi connectivity index (χ2v) is 6.68. The van der Waals surface area contributed by atoms with Gasteiger partial charge in [0.15, 0.2) is 0 Å². The van der Waals surface area contributed by atoms with E-state index in [9.17, 15) is 4.79 Å². The number of hydrogen-bond acceptors (Lipinski definition) is 3. The third-order valence-electron chi connectivity index (χ3n) is 3.70. The van der Waals surface area contributed by atoms with Gasteiger partial charge in [0.2, 0.25) is 0 Å². The first-order chi connectivity index (χ1) is 9.87. The van der Waals surface area contributed by atoms with E-state index in [1.807, 2.05) is 20.8 Å². The fourth-order valence-corrected chi connectivity index (χ4v) is 2.78. The van der Waals surface area contributed by atoms with Gasteiger partial charge in [-0.1, -0.05) is 18.2 Å². The van der Waals surface area contributed by atoms with Crippen molar-refractivity contribution >= 4 is 6.09 Å². The Kier molecular flexibility index (Phi) is 4.88. The quantitative estimate of drug-likeness (QED) is 0.899. The molecule has 0 radical (unpaired) electrons. The molecular weight excluding hydrogens is 264 g/mol. The molecule has 21 heavy (non-hydrogen) atoms. The van der Waals surface area contributed by atoms with Crippen LogP contribution in [0.15, 0.2) is 18.2 Å². The number of nitrogens with two attached hydrogens (primary N) is 1. The minimum absolute atomic E-state index is 0.189. The van der Waals surface area contributed by atoms with Crippen molar-refractivity contribution in [2.45, 2.75) is 58.1 Å². The van der Waals surface area contributed by atoms with E-state index in [-0.39, 0.29) is 6.04 Å². The van der Waals surface area contributed by atoms with E-state index in [2.05, 4.69) is 23.5 Å². The number of benzene rings is 1. The molecule has 1 aliphatic rings. The Labute approximate surface area is 127 Å². The maximum atomic E-state index is 11.7.